The highest BCUT2D eigenvalue weighted by Crippen LogP contribution is 2.41. The molecule has 2 rings (SSSR count). The van der Waals surface area contributed by atoms with E-state index in [1.165, 1.54) is 0 Å². The molecular formula is C13H21NO3. The molecule has 0 bridgehead atoms. The van der Waals surface area contributed by atoms with Gasteiger partial charge in [0.25, 0.3) is 0 Å². The summed E-state index contributed by atoms with van der Waals surface area (Å²) in [6.07, 6.45) is 4.79. The van der Waals surface area contributed by atoms with Gasteiger partial charge in [0.1, 0.15) is 6.04 Å². The van der Waals surface area contributed by atoms with Crippen molar-refractivity contribution in [2.45, 2.75) is 52.0 Å². The average molecular weight is 239 g/mol. The van der Waals surface area contributed by atoms with Gasteiger partial charge in [-0.05, 0) is 25.2 Å². The lowest BCUT2D eigenvalue weighted by molar-refractivity contribution is -0.153. The Morgan fingerprint density at radius 3 is 2.41 bits per heavy atom. The molecule has 4 heteroatoms. The highest BCUT2D eigenvalue weighted by Gasteiger charge is 2.46. The molecule has 1 heterocycles. The Morgan fingerprint density at radius 1 is 1.29 bits per heavy atom. The topological polar surface area (TPSA) is 57.6 Å². The minimum absolute atomic E-state index is 0.0618. The van der Waals surface area contributed by atoms with Gasteiger partial charge in [-0.25, -0.2) is 4.79 Å². The largest absolute Gasteiger partial charge is 0.480 e. The Balaban J connectivity index is 2.16. The smallest absolute Gasteiger partial charge is 0.326 e. The molecule has 96 valence electrons. The Hall–Kier alpha value is -1.06. The van der Waals surface area contributed by atoms with Crippen molar-refractivity contribution in [2.75, 3.05) is 6.54 Å². The number of likely N-dealkylation sites (tertiary alicyclic amines) is 1. The summed E-state index contributed by atoms with van der Waals surface area (Å²) < 4.78 is 0. The van der Waals surface area contributed by atoms with Crippen LogP contribution in [0.5, 0.6) is 0 Å². The summed E-state index contributed by atoms with van der Waals surface area (Å²) in [6, 6.07) is -0.611. The van der Waals surface area contributed by atoms with E-state index in [1.54, 1.807) is 4.90 Å². The van der Waals surface area contributed by atoms with E-state index in [0.29, 0.717) is 6.54 Å². The lowest BCUT2D eigenvalue weighted by Crippen LogP contribution is -2.48. The number of carbonyl (C=O) groups is 2. The third-order valence-electron chi connectivity index (χ3n) is 4.44. The average Bonchev–Trinajstić information content (AvgIpc) is 2.84. The van der Waals surface area contributed by atoms with Crippen LogP contribution in [0.2, 0.25) is 0 Å². The maximum absolute atomic E-state index is 12.5. The van der Waals surface area contributed by atoms with Crippen molar-refractivity contribution in [3.05, 3.63) is 0 Å². The lowest BCUT2D eigenvalue weighted by atomic mass is 9.86. The molecular weight excluding hydrogens is 218 g/mol. The van der Waals surface area contributed by atoms with Gasteiger partial charge in [0.2, 0.25) is 5.91 Å². The van der Waals surface area contributed by atoms with E-state index < -0.39 is 12.0 Å². The van der Waals surface area contributed by atoms with Crippen LogP contribution in [0, 0.1) is 11.3 Å². The molecule has 1 saturated carbocycles. The third kappa shape index (κ3) is 2.05. The highest BCUT2D eigenvalue weighted by atomic mass is 16.4. The van der Waals surface area contributed by atoms with Crippen LogP contribution in [0.15, 0.2) is 0 Å². The summed E-state index contributed by atoms with van der Waals surface area (Å²) in [5.74, 6) is -0.724. The Bertz CT molecular complexity index is 334. The van der Waals surface area contributed by atoms with Crippen LogP contribution in [0.1, 0.15) is 46.0 Å². The molecule has 1 saturated heterocycles. The molecule has 2 unspecified atom stereocenters. The van der Waals surface area contributed by atoms with Crippen molar-refractivity contribution in [3.8, 4) is 0 Å². The third-order valence-corrected chi connectivity index (χ3v) is 4.44. The zero-order valence-electron chi connectivity index (χ0n) is 10.6. The van der Waals surface area contributed by atoms with Crippen LogP contribution in [0.3, 0.4) is 0 Å². The van der Waals surface area contributed by atoms with E-state index in [4.69, 9.17) is 0 Å². The summed E-state index contributed by atoms with van der Waals surface area (Å²) in [4.78, 5) is 25.4. The van der Waals surface area contributed by atoms with E-state index in [2.05, 4.69) is 0 Å². The molecule has 17 heavy (non-hydrogen) atoms. The summed E-state index contributed by atoms with van der Waals surface area (Å²) in [7, 11) is 0. The van der Waals surface area contributed by atoms with Crippen LogP contribution < -0.4 is 0 Å². The number of hydrogen-bond acceptors (Lipinski definition) is 2. The van der Waals surface area contributed by atoms with Crippen LogP contribution in [-0.4, -0.2) is 34.5 Å². The molecule has 0 aromatic rings. The van der Waals surface area contributed by atoms with Crippen LogP contribution in [-0.2, 0) is 9.59 Å². The second kappa shape index (κ2) is 4.31. The molecule has 0 radical (unpaired) electrons. The maximum Gasteiger partial charge on any atom is 0.326 e. The van der Waals surface area contributed by atoms with Crippen molar-refractivity contribution >= 4 is 11.9 Å². The minimum Gasteiger partial charge on any atom is -0.480 e. The first-order chi connectivity index (χ1) is 7.96. The van der Waals surface area contributed by atoms with Crippen LogP contribution >= 0.6 is 0 Å². The second-order valence-corrected chi connectivity index (χ2v) is 5.82. The Kier molecular flexibility index (Phi) is 3.15. The van der Waals surface area contributed by atoms with Crippen molar-refractivity contribution in [1.82, 2.24) is 4.90 Å². The van der Waals surface area contributed by atoms with Crippen LogP contribution in [0.4, 0.5) is 0 Å². The van der Waals surface area contributed by atoms with Gasteiger partial charge >= 0.3 is 5.97 Å². The fourth-order valence-corrected chi connectivity index (χ4v) is 3.27. The van der Waals surface area contributed by atoms with E-state index in [-0.39, 0.29) is 17.2 Å². The zero-order valence-corrected chi connectivity index (χ0v) is 10.6. The summed E-state index contributed by atoms with van der Waals surface area (Å²) in [5, 5.41) is 9.24. The number of rotatable bonds is 2. The molecule has 2 atom stereocenters. The quantitative estimate of drug-likeness (QED) is 0.800. The monoisotopic (exact) mass is 239 g/mol. The normalized spacial score (nSPS) is 31.8. The standard InChI is InChI=1S/C13H21NO3/c1-9-5-8-14(10(9)11(15)16)12(17)13(2)6-3-4-7-13/h9-10H,3-8H2,1-2H3,(H,15,16). The van der Waals surface area contributed by atoms with Gasteiger partial charge in [-0.3, -0.25) is 4.79 Å². The fraction of sp³-hybridized carbons (Fsp3) is 0.846. The van der Waals surface area contributed by atoms with Gasteiger partial charge < -0.3 is 10.0 Å². The number of carbonyl (C=O) groups excluding carboxylic acids is 1. The number of aliphatic carboxylic acids is 1. The van der Waals surface area contributed by atoms with E-state index in [1.807, 2.05) is 13.8 Å². The van der Waals surface area contributed by atoms with Crippen molar-refractivity contribution in [3.63, 3.8) is 0 Å². The molecule has 0 spiro atoms. The molecule has 2 aliphatic rings. The number of hydrogen-bond donors (Lipinski definition) is 1. The van der Waals surface area contributed by atoms with Gasteiger partial charge in [0, 0.05) is 12.0 Å². The second-order valence-electron chi connectivity index (χ2n) is 5.82. The number of carboxylic acids is 1. The van der Waals surface area contributed by atoms with Gasteiger partial charge in [0.05, 0.1) is 0 Å². The zero-order chi connectivity index (χ0) is 12.6. The SMILES string of the molecule is CC1CCN(C(=O)C2(C)CCCC2)C1C(=O)O. The summed E-state index contributed by atoms with van der Waals surface area (Å²) in [6.45, 7) is 4.51. The maximum atomic E-state index is 12.5. The van der Waals surface area contributed by atoms with E-state index >= 15 is 0 Å². The van der Waals surface area contributed by atoms with E-state index in [0.717, 1.165) is 32.1 Å². The summed E-state index contributed by atoms with van der Waals surface area (Å²) in [5.41, 5.74) is -0.308. The van der Waals surface area contributed by atoms with Gasteiger partial charge in [-0.1, -0.05) is 26.7 Å². The van der Waals surface area contributed by atoms with Gasteiger partial charge in [0.15, 0.2) is 0 Å². The number of carboxylic acid groups (broad SMARTS) is 1. The molecule has 1 aliphatic carbocycles. The minimum atomic E-state index is -0.857. The first kappa shape index (κ1) is 12.4. The number of amides is 1. The molecule has 2 fully saturated rings. The molecule has 0 aromatic heterocycles. The molecule has 1 N–H and O–H groups in total. The van der Waals surface area contributed by atoms with Crippen molar-refractivity contribution in [2.24, 2.45) is 11.3 Å². The Morgan fingerprint density at radius 2 is 1.88 bits per heavy atom. The Labute approximate surface area is 102 Å². The van der Waals surface area contributed by atoms with Gasteiger partial charge in [-0.2, -0.15) is 0 Å². The lowest BCUT2D eigenvalue weighted by Gasteiger charge is -2.32. The molecule has 4 nitrogen and oxygen atoms in total. The highest BCUT2D eigenvalue weighted by molar-refractivity contribution is 5.88. The van der Waals surface area contributed by atoms with Crippen molar-refractivity contribution < 1.29 is 14.7 Å². The molecule has 1 aliphatic heterocycles. The predicted octanol–water partition coefficient (Wildman–Crippen LogP) is 1.89. The number of nitrogens with zero attached hydrogens (tertiary/aromatic N) is 1. The van der Waals surface area contributed by atoms with Crippen LogP contribution in [0.25, 0.3) is 0 Å². The van der Waals surface area contributed by atoms with E-state index in [9.17, 15) is 14.7 Å². The fourth-order valence-electron chi connectivity index (χ4n) is 3.27. The van der Waals surface area contributed by atoms with Gasteiger partial charge in [-0.15, -0.1) is 0 Å². The molecule has 0 aromatic carbocycles. The predicted molar refractivity (Wildman–Crippen MR) is 63.5 cm³/mol. The molecule has 1 amide bonds. The first-order valence-electron chi connectivity index (χ1n) is 6.49. The summed E-state index contributed by atoms with van der Waals surface area (Å²) >= 11 is 0. The van der Waals surface area contributed by atoms with Crippen molar-refractivity contribution in [1.29, 1.82) is 0 Å². The first-order valence-corrected chi connectivity index (χ1v) is 6.49.